The largest absolute Gasteiger partial charge is 0.367 e. The Bertz CT molecular complexity index is 1140. The third kappa shape index (κ3) is 4.64. The summed E-state index contributed by atoms with van der Waals surface area (Å²) in [6.45, 7) is 13.8. The van der Waals surface area contributed by atoms with Crippen molar-refractivity contribution in [3.8, 4) is 0 Å². The quantitative estimate of drug-likeness (QED) is 0.447. The lowest BCUT2D eigenvalue weighted by Crippen LogP contribution is -2.53. The Balaban J connectivity index is 1.39. The van der Waals surface area contributed by atoms with Crippen LogP contribution < -0.4 is 20.9 Å². The van der Waals surface area contributed by atoms with E-state index in [4.69, 9.17) is 4.99 Å². The van der Waals surface area contributed by atoms with Gasteiger partial charge in [-0.3, -0.25) is 4.79 Å². The fourth-order valence-corrected chi connectivity index (χ4v) is 5.86. The molecule has 0 aromatic carbocycles. The topological polar surface area (TPSA) is 98.9 Å². The molecule has 2 aromatic rings. The molecule has 192 valence electrons. The third-order valence-corrected chi connectivity index (χ3v) is 7.95. The number of guanidine groups is 1. The number of aryl methyl sites for hydroxylation is 1. The molecule has 9 nitrogen and oxygen atoms in total. The number of carbonyl (C=O) groups excluding carboxylic acids is 1. The Morgan fingerprint density at radius 1 is 1.28 bits per heavy atom. The molecule has 1 amide bonds. The van der Waals surface area contributed by atoms with Gasteiger partial charge in [0.1, 0.15) is 17.3 Å². The molecule has 3 N–H and O–H groups in total. The van der Waals surface area contributed by atoms with Gasteiger partial charge in [0.2, 0.25) is 5.96 Å². The molecule has 2 aromatic heterocycles. The second kappa shape index (κ2) is 10.0. The van der Waals surface area contributed by atoms with Crippen molar-refractivity contribution in [1.82, 2.24) is 20.2 Å². The van der Waals surface area contributed by atoms with Gasteiger partial charge in [0, 0.05) is 32.2 Å². The summed E-state index contributed by atoms with van der Waals surface area (Å²) in [5.41, 5.74) is 2.62. The molecule has 0 bridgehead atoms. The van der Waals surface area contributed by atoms with Crippen LogP contribution in [0.15, 0.2) is 34.4 Å². The first kappa shape index (κ1) is 24.5. The Hall–Kier alpha value is -3.20. The number of anilines is 2. The first-order valence-electron chi connectivity index (χ1n) is 13.2. The number of aromatic nitrogens is 2. The SMILES string of the molecule is C=N/C(=N\c1c(C)cc2n1C1(CCCCC1)CNC2=O)Nc1ccc(N2CCNC(C(C)C)C2)cn1. The zero-order valence-electron chi connectivity index (χ0n) is 21.7. The summed E-state index contributed by atoms with van der Waals surface area (Å²) in [6.07, 6.45) is 7.52. The molecule has 0 radical (unpaired) electrons. The van der Waals surface area contributed by atoms with Crippen molar-refractivity contribution in [3.63, 3.8) is 0 Å². The van der Waals surface area contributed by atoms with Crippen molar-refractivity contribution < 1.29 is 4.79 Å². The van der Waals surface area contributed by atoms with E-state index < -0.39 is 0 Å². The van der Waals surface area contributed by atoms with Crippen LogP contribution in [0, 0.1) is 12.8 Å². The minimum Gasteiger partial charge on any atom is -0.367 e. The minimum atomic E-state index is -0.127. The molecule has 4 heterocycles. The Morgan fingerprint density at radius 3 is 2.78 bits per heavy atom. The van der Waals surface area contributed by atoms with Crippen molar-refractivity contribution in [2.24, 2.45) is 15.9 Å². The molecule has 1 saturated heterocycles. The lowest BCUT2D eigenvalue weighted by molar-refractivity contribution is 0.0830. The number of carbonyl (C=O) groups is 1. The number of nitrogens with zero attached hydrogens (tertiary/aromatic N) is 5. The van der Waals surface area contributed by atoms with Crippen molar-refractivity contribution in [3.05, 3.63) is 35.7 Å². The van der Waals surface area contributed by atoms with Crippen LogP contribution >= 0.6 is 0 Å². The molecule has 1 aliphatic carbocycles. The van der Waals surface area contributed by atoms with Gasteiger partial charge in [-0.1, -0.05) is 33.1 Å². The normalized spacial score (nSPS) is 21.9. The summed E-state index contributed by atoms with van der Waals surface area (Å²) >= 11 is 0. The highest BCUT2D eigenvalue weighted by Crippen LogP contribution is 2.42. The molecule has 1 saturated carbocycles. The van der Waals surface area contributed by atoms with Crippen molar-refractivity contribution in [2.45, 2.75) is 64.5 Å². The van der Waals surface area contributed by atoms with Crippen molar-refractivity contribution in [1.29, 1.82) is 0 Å². The lowest BCUT2D eigenvalue weighted by atomic mass is 9.80. The predicted octanol–water partition coefficient (Wildman–Crippen LogP) is 3.83. The van der Waals surface area contributed by atoms with Crippen LogP contribution in [-0.2, 0) is 5.54 Å². The fourth-order valence-electron chi connectivity index (χ4n) is 5.86. The van der Waals surface area contributed by atoms with Crippen molar-refractivity contribution in [2.75, 3.05) is 36.4 Å². The average molecular weight is 491 g/mol. The van der Waals surface area contributed by atoms with E-state index >= 15 is 0 Å². The summed E-state index contributed by atoms with van der Waals surface area (Å²) in [7, 11) is 0. The van der Waals surface area contributed by atoms with Gasteiger partial charge in [-0.25, -0.2) is 9.98 Å². The molecule has 9 heteroatoms. The highest BCUT2D eigenvalue weighted by atomic mass is 16.2. The molecule has 3 aliphatic rings. The molecular formula is C27H38N8O. The van der Waals surface area contributed by atoms with E-state index in [2.05, 4.69) is 62.0 Å². The molecular weight excluding hydrogens is 452 g/mol. The zero-order valence-corrected chi connectivity index (χ0v) is 21.7. The molecule has 1 atom stereocenters. The summed E-state index contributed by atoms with van der Waals surface area (Å²) < 4.78 is 2.17. The van der Waals surface area contributed by atoms with Crippen LogP contribution in [0.2, 0.25) is 0 Å². The van der Waals surface area contributed by atoms with E-state index in [-0.39, 0.29) is 11.4 Å². The number of rotatable bonds is 4. The van der Waals surface area contributed by atoms with Gasteiger partial charge < -0.3 is 25.4 Å². The van der Waals surface area contributed by atoms with E-state index in [0.717, 1.165) is 62.4 Å². The Kier molecular flexibility index (Phi) is 6.83. The molecule has 36 heavy (non-hydrogen) atoms. The van der Waals surface area contributed by atoms with Crippen LogP contribution in [0.25, 0.3) is 0 Å². The lowest BCUT2D eigenvalue weighted by Gasteiger charge is -2.43. The maximum Gasteiger partial charge on any atom is 0.268 e. The summed E-state index contributed by atoms with van der Waals surface area (Å²) in [5.74, 6) is 2.35. The van der Waals surface area contributed by atoms with Crippen molar-refractivity contribution >= 4 is 35.9 Å². The Labute approximate surface area is 213 Å². The molecule has 2 aliphatic heterocycles. The fraction of sp³-hybridized carbons (Fsp3) is 0.556. The van der Waals surface area contributed by atoms with E-state index in [1.807, 2.05) is 25.3 Å². The molecule has 5 rings (SSSR count). The highest BCUT2D eigenvalue weighted by Gasteiger charge is 2.42. The number of nitrogens with one attached hydrogen (secondary N) is 3. The standard InChI is InChI=1S/C27H38N8O/c1-18(2)21-16-34(13-12-29-21)20-8-9-23(30-15-20)32-26(28-4)33-24-19(3)14-22-25(36)31-17-27(35(22)24)10-6-5-7-11-27/h8-9,14-15,18,21,29H,4-7,10-13,16-17H2,1-3H3,(H,31,36)(H,30,32,33). The second-order valence-electron chi connectivity index (χ2n) is 10.7. The van der Waals surface area contributed by atoms with Crippen LogP contribution in [-0.4, -0.2) is 60.4 Å². The summed E-state index contributed by atoms with van der Waals surface area (Å²) in [6, 6.07) is 6.46. The van der Waals surface area contributed by atoms with Crippen LogP contribution in [0.5, 0.6) is 0 Å². The first-order valence-corrected chi connectivity index (χ1v) is 13.2. The number of aliphatic imine (C=N–C) groups is 2. The second-order valence-corrected chi connectivity index (χ2v) is 10.7. The van der Waals surface area contributed by atoms with Gasteiger partial charge in [0.15, 0.2) is 0 Å². The van der Waals surface area contributed by atoms with Crippen LogP contribution in [0.1, 0.15) is 62.0 Å². The van der Waals surface area contributed by atoms with E-state index in [0.29, 0.717) is 36.0 Å². The van der Waals surface area contributed by atoms with Gasteiger partial charge in [0.05, 0.1) is 17.4 Å². The smallest absolute Gasteiger partial charge is 0.268 e. The van der Waals surface area contributed by atoms with Gasteiger partial charge in [-0.2, -0.15) is 4.99 Å². The number of fused-ring (bicyclic) bond motifs is 2. The third-order valence-electron chi connectivity index (χ3n) is 7.95. The van der Waals surface area contributed by atoms with Gasteiger partial charge in [-0.05, 0) is 56.2 Å². The molecule has 1 unspecified atom stereocenters. The average Bonchev–Trinajstić information content (AvgIpc) is 3.24. The summed E-state index contributed by atoms with van der Waals surface area (Å²) in [4.78, 5) is 28.7. The number of hydrogen-bond acceptors (Lipinski definition) is 5. The zero-order chi connectivity index (χ0) is 25.3. The number of hydrogen-bond donors (Lipinski definition) is 3. The highest BCUT2D eigenvalue weighted by molar-refractivity contribution is 5.99. The van der Waals surface area contributed by atoms with Gasteiger partial charge in [-0.15, -0.1) is 0 Å². The first-order chi connectivity index (χ1) is 17.4. The molecule has 1 spiro atoms. The number of pyridine rings is 1. The molecule has 2 fully saturated rings. The maximum absolute atomic E-state index is 12.7. The number of amides is 1. The minimum absolute atomic E-state index is 0.0401. The van der Waals surface area contributed by atoms with E-state index in [1.54, 1.807) is 0 Å². The van der Waals surface area contributed by atoms with Crippen LogP contribution in [0.3, 0.4) is 0 Å². The maximum atomic E-state index is 12.7. The monoisotopic (exact) mass is 490 g/mol. The van der Waals surface area contributed by atoms with Gasteiger partial charge in [0.25, 0.3) is 5.91 Å². The van der Waals surface area contributed by atoms with E-state index in [1.165, 1.54) is 6.42 Å². The van der Waals surface area contributed by atoms with Crippen LogP contribution in [0.4, 0.5) is 17.3 Å². The van der Waals surface area contributed by atoms with E-state index in [9.17, 15) is 4.79 Å². The number of piperazine rings is 1. The summed E-state index contributed by atoms with van der Waals surface area (Å²) in [5, 5.41) is 9.93. The predicted molar refractivity (Wildman–Crippen MR) is 146 cm³/mol. The van der Waals surface area contributed by atoms with Gasteiger partial charge >= 0.3 is 0 Å². The Morgan fingerprint density at radius 2 is 2.08 bits per heavy atom.